The molecule has 3 aromatic carbocycles. The van der Waals surface area contributed by atoms with Gasteiger partial charge in [0, 0.05) is 31.7 Å². The Morgan fingerprint density at radius 2 is 1.59 bits per heavy atom. The predicted octanol–water partition coefficient (Wildman–Crippen LogP) is 3.29. The molecule has 3 aromatic rings. The van der Waals surface area contributed by atoms with Crippen molar-refractivity contribution in [1.82, 2.24) is 9.21 Å². The van der Waals surface area contributed by atoms with E-state index in [1.165, 1.54) is 4.31 Å². The van der Waals surface area contributed by atoms with Crippen LogP contribution in [0.1, 0.15) is 28.3 Å². The third-order valence-corrected chi connectivity index (χ3v) is 7.89. The van der Waals surface area contributed by atoms with E-state index in [1.807, 2.05) is 55.5 Å². The number of piperazine rings is 1. The number of aliphatic hydroxyl groups is 1. The number of nitrogens with zero attached hydrogens (tertiary/aromatic N) is 2. The van der Waals surface area contributed by atoms with Crippen molar-refractivity contribution in [3.63, 3.8) is 0 Å². The lowest BCUT2D eigenvalue weighted by molar-refractivity contribution is 0.154. The highest BCUT2D eigenvalue weighted by Crippen LogP contribution is 2.35. The number of para-hydroxylation sites is 1. The standard InChI is InChI=1S/C25H28N2O4S/c1-19-9-11-22(12-10-19)32(30,31)27-15-13-26(14-16-27)25(23-7-2-3-8-24(23)29)21-6-4-5-20(17-21)18-28/h2-12,17,25,28-29H,13-16,18H2,1H3. The summed E-state index contributed by atoms with van der Waals surface area (Å²) in [7, 11) is -3.55. The molecule has 32 heavy (non-hydrogen) atoms. The summed E-state index contributed by atoms with van der Waals surface area (Å²) < 4.78 is 27.7. The van der Waals surface area contributed by atoms with Crippen LogP contribution in [0.15, 0.2) is 77.7 Å². The molecule has 7 heteroatoms. The number of rotatable bonds is 6. The van der Waals surface area contributed by atoms with Gasteiger partial charge in [0.15, 0.2) is 0 Å². The minimum atomic E-state index is -3.55. The van der Waals surface area contributed by atoms with Crippen LogP contribution in [0.3, 0.4) is 0 Å². The lowest BCUT2D eigenvalue weighted by Crippen LogP contribution is -2.49. The fourth-order valence-electron chi connectivity index (χ4n) is 4.23. The second-order valence-corrected chi connectivity index (χ2v) is 10.1. The molecule has 1 aliphatic heterocycles. The third-order valence-electron chi connectivity index (χ3n) is 5.98. The van der Waals surface area contributed by atoms with Gasteiger partial charge in [0.2, 0.25) is 10.0 Å². The number of aliphatic hydroxyl groups excluding tert-OH is 1. The van der Waals surface area contributed by atoms with Crippen molar-refractivity contribution >= 4 is 10.0 Å². The number of sulfonamides is 1. The zero-order valence-corrected chi connectivity index (χ0v) is 18.9. The van der Waals surface area contributed by atoms with Gasteiger partial charge in [-0.3, -0.25) is 4.90 Å². The van der Waals surface area contributed by atoms with E-state index >= 15 is 0 Å². The summed E-state index contributed by atoms with van der Waals surface area (Å²) >= 11 is 0. The summed E-state index contributed by atoms with van der Waals surface area (Å²) in [5, 5.41) is 20.2. The average Bonchev–Trinajstić information content (AvgIpc) is 2.81. The second kappa shape index (κ2) is 9.42. The summed E-state index contributed by atoms with van der Waals surface area (Å²) in [5.41, 5.74) is 3.53. The molecule has 0 aliphatic carbocycles. The Balaban J connectivity index is 1.60. The van der Waals surface area contributed by atoms with Gasteiger partial charge in [-0.05, 0) is 36.2 Å². The highest BCUT2D eigenvalue weighted by Gasteiger charge is 2.33. The Kier molecular flexibility index (Phi) is 6.62. The van der Waals surface area contributed by atoms with Crippen LogP contribution in [0.2, 0.25) is 0 Å². The van der Waals surface area contributed by atoms with Gasteiger partial charge in [-0.15, -0.1) is 0 Å². The fourth-order valence-corrected chi connectivity index (χ4v) is 5.65. The molecule has 1 unspecified atom stereocenters. The average molecular weight is 453 g/mol. The van der Waals surface area contributed by atoms with E-state index in [4.69, 9.17) is 0 Å². The van der Waals surface area contributed by atoms with Crippen LogP contribution in [0.4, 0.5) is 0 Å². The number of hydrogen-bond donors (Lipinski definition) is 2. The number of benzene rings is 3. The summed E-state index contributed by atoms with van der Waals surface area (Å²) in [6.45, 7) is 3.63. The van der Waals surface area contributed by atoms with Crippen molar-refractivity contribution in [3.8, 4) is 5.75 Å². The molecule has 0 bridgehead atoms. The first-order valence-corrected chi connectivity index (χ1v) is 12.1. The zero-order chi connectivity index (χ0) is 22.7. The van der Waals surface area contributed by atoms with Crippen LogP contribution in [0.5, 0.6) is 5.75 Å². The fraction of sp³-hybridized carbons (Fsp3) is 0.280. The Labute approximate surface area is 189 Å². The van der Waals surface area contributed by atoms with E-state index in [2.05, 4.69) is 4.90 Å². The minimum Gasteiger partial charge on any atom is -0.508 e. The van der Waals surface area contributed by atoms with Crippen LogP contribution >= 0.6 is 0 Å². The predicted molar refractivity (Wildman–Crippen MR) is 124 cm³/mol. The minimum absolute atomic E-state index is 0.0656. The summed E-state index contributed by atoms with van der Waals surface area (Å²) in [4.78, 5) is 2.50. The van der Waals surface area contributed by atoms with E-state index in [1.54, 1.807) is 24.3 Å². The Hall–Kier alpha value is -2.71. The number of aromatic hydroxyl groups is 1. The second-order valence-electron chi connectivity index (χ2n) is 8.12. The maximum atomic E-state index is 13.1. The van der Waals surface area contributed by atoms with E-state index in [9.17, 15) is 18.6 Å². The molecule has 0 radical (unpaired) electrons. The number of aryl methyl sites for hydroxylation is 1. The van der Waals surface area contributed by atoms with Crippen LogP contribution < -0.4 is 0 Å². The molecule has 1 saturated heterocycles. The Bertz CT molecular complexity index is 1170. The summed E-state index contributed by atoms with van der Waals surface area (Å²) in [5.74, 6) is 0.196. The molecule has 2 N–H and O–H groups in total. The molecule has 0 amide bonds. The maximum Gasteiger partial charge on any atom is 0.243 e. The molecule has 1 heterocycles. The van der Waals surface area contributed by atoms with Gasteiger partial charge in [-0.1, -0.05) is 60.2 Å². The summed E-state index contributed by atoms with van der Waals surface area (Å²) in [6.07, 6.45) is 0. The number of phenols is 1. The smallest absolute Gasteiger partial charge is 0.243 e. The summed E-state index contributed by atoms with van der Waals surface area (Å²) in [6, 6.07) is 21.6. The third kappa shape index (κ3) is 4.56. The SMILES string of the molecule is Cc1ccc(S(=O)(=O)N2CCN(C(c3cccc(CO)c3)c3ccccc3O)CC2)cc1. The van der Waals surface area contributed by atoms with Gasteiger partial charge in [0.1, 0.15) is 5.75 Å². The normalized spacial score (nSPS) is 16.7. The molecule has 4 rings (SSSR count). The van der Waals surface area contributed by atoms with Gasteiger partial charge in [-0.2, -0.15) is 4.31 Å². The van der Waals surface area contributed by atoms with Crippen molar-refractivity contribution in [1.29, 1.82) is 0 Å². The van der Waals surface area contributed by atoms with Gasteiger partial charge in [0.05, 0.1) is 17.5 Å². The van der Waals surface area contributed by atoms with E-state index < -0.39 is 10.0 Å². The quantitative estimate of drug-likeness (QED) is 0.600. The molecule has 6 nitrogen and oxygen atoms in total. The number of phenolic OH excluding ortho intramolecular Hbond substituents is 1. The Morgan fingerprint density at radius 1 is 0.906 bits per heavy atom. The van der Waals surface area contributed by atoms with Crippen molar-refractivity contribution in [2.24, 2.45) is 0 Å². The molecule has 1 atom stereocenters. The monoisotopic (exact) mass is 452 g/mol. The van der Waals surface area contributed by atoms with Crippen molar-refractivity contribution < 1.29 is 18.6 Å². The first-order valence-electron chi connectivity index (χ1n) is 10.7. The van der Waals surface area contributed by atoms with Crippen molar-refractivity contribution in [2.75, 3.05) is 26.2 Å². The highest BCUT2D eigenvalue weighted by molar-refractivity contribution is 7.89. The molecular weight excluding hydrogens is 424 g/mol. The lowest BCUT2D eigenvalue weighted by Gasteiger charge is -2.39. The van der Waals surface area contributed by atoms with E-state index in [0.29, 0.717) is 31.1 Å². The zero-order valence-electron chi connectivity index (χ0n) is 18.1. The molecule has 1 aliphatic rings. The first-order chi connectivity index (χ1) is 15.4. The van der Waals surface area contributed by atoms with Crippen LogP contribution in [-0.4, -0.2) is 54.0 Å². The van der Waals surface area contributed by atoms with Gasteiger partial charge in [0.25, 0.3) is 0 Å². The largest absolute Gasteiger partial charge is 0.508 e. The van der Waals surface area contributed by atoms with E-state index in [0.717, 1.165) is 22.3 Å². The molecule has 0 aromatic heterocycles. The molecule has 1 fully saturated rings. The maximum absolute atomic E-state index is 13.1. The molecule has 0 spiro atoms. The van der Waals surface area contributed by atoms with Crippen molar-refractivity contribution in [3.05, 3.63) is 95.1 Å². The molecule has 0 saturated carbocycles. The molecule has 168 valence electrons. The van der Waals surface area contributed by atoms with Gasteiger partial charge >= 0.3 is 0 Å². The molecular formula is C25H28N2O4S. The number of hydrogen-bond acceptors (Lipinski definition) is 5. The lowest BCUT2D eigenvalue weighted by atomic mass is 9.94. The first kappa shape index (κ1) is 22.5. The van der Waals surface area contributed by atoms with Crippen LogP contribution in [0, 0.1) is 6.92 Å². The van der Waals surface area contributed by atoms with Crippen LogP contribution in [-0.2, 0) is 16.6 Å². The van der Waals surface area contributed by atoms with Crippen LogP contribution in [0.25, 0.3) is 0 Å². The van der Waals surface area contributed by atoms with Gasteiger partial charge in [-0.25, -0.2) is 8.42 Å². The van der Waals surface area contributed by atoms with E-state index in [-0.39, 0.29) is 18.4 Å². The topological polar surface area (TPSA) is 81.1 Å². The van der Waals surface area contributed by atoms with Crippen molar-refractivity contribution in [2.45, 2.75) is 24.5 Å². The highest BCUT2D eigenvalue weighted by atomic mass is 32.2. The van der Waals surface area contributed by atoms with Gasteiger partial charge < -0.3 is 10.2 Å². The Morgan fingerprint density at radius 3 is 2.25 bits per heavy atom.